The van der Waals surface area contributed by atoms with Crippen molar-refractivity contribution in [1.82, 2.24) is 24.7 Å². The van der Waals surface area contributed by atoms with Crippen LogP contribution in [0.25, 0.3) is 0 Å². The third kappa shape index (κ3) is 5.96. The Morgan fingerprint density at radius 3 is 2.50 bits per heavy atom. The Morgan fingerprint density at radius 1 is 1.03 bits per heavy atom. The molecule has 1 amide bonds. The number of nitrogens with zero attached hydrogens (tertiary/aromatic N) is 4. The Morgan fingerprint density at radius 2 is 1.78 bits per heavy atom. The highest BCUT2D eigenvalue weighted by atomic mass is 16.5. The molecule has 0 spiro atoms. The molecule has 7 heteroatoms. The highest BCUT2D eigenvalue weighted by Gasteiger charge is 2.14. The highest BCUT2D eigenvalue weighted by Crippen LogP contribution is 2.15. The average Bonchev–Trinajstić information content (AvgIpc) is 3.23. The molecule has 0 bridgehead atoms. The van der Waals surface area contributed by atoms with Crippen LogP contribution in [0.2, 0.25) is 0 Å². The van der Waals surface area contributed by atoms with Crippen molar-refractivity contribution in [3.05, 3.63) is 83.4 Å². The third-order valence-electron chi connectivity index (χ3n) is 5.85. The fraction of sp³-hybridized carbons (Fsp3) is 0.360. The minimum absolute atomic E-state index is 0.0925. The molecule has 2 aromatic carbocycles. The van der Waals surface area contributed by atoms with Crippen LogP contribution >= 0.6 is 0 Å². The minimum atomic E-state index is -0.0925. The van der Waals surface area contributed by atoms with Crippen molar-refractivity contribution < 1.29 is 9.53 Å². The van der Waals surface area contributed by atoms with Crippen LogP contribution in [0.5, 0.6) is 5.75 Å². The molecule has 1 saturated heterocycles. The van der Waals surface area contributed by atoms with Gasteiger partial charge in [0.15, 0.2) is 0 Å². The Kier molecular flexibility index (Phi) is 7.19. The van der Waals surface area contributed by atoms with E-state index in [0.29, 0.717) is 24.5 Å². The average molecular weight is 434 g/mol. The molecule has 1 fully saturated rings. The van der Waals surface area contributed by atoms with Gasteiger partial charge < -0.3 is 19.5 Å². The summed E-state index contributed by atoms with van der Waals surface area (Å²) in [5, 5.41) is 3.02. The summed E-state index contributed by atoms with van der Waals surface area (Å²) in [6.45, 7) is 6.27. The quantitative estimate of drug-likeness (QED) is 0.592. The largest absolute Gasteiger partial charge is 0.486 e. The number of aromatic nitrogens is 2. The number of imidazole rings is 1. The summed E-state index contributed by atoms with van der Waals surface area (Å²) >= 11 is 0. The molecule has 2 heterocycles. The van der Waals surface area contributed by atoms with E-state index in [4.69, 9.17) is 4.74 Å². The molecule has 168 valence electrons. The predicted octanol–water partition coefficient (Wildman–Crippen LogP) is 2.68. The normalized spacial score (nSPS) is 14.9. The first-order chi connectivity index (χ1) is 15.6. The standard InChI is InChI=1S/C25H31N5O2/c1-28-12-14-30(15-13-28)18-21-5-3-4-20(16-21)17-27-25(31)22-6-8-23(9-7-22)32-19-24-26-10-11-29(24)2/h3-11,16H,12-15,17-19H2,1-2H3,(H,27,31). The summed E-state index contributed by atoms with van der Waals surface area (Å²) < 4.78 is 7.67. The van der Waals surface area contributed by atoms with Crippen LogP contribution in [0.4, 0.5) is 0 Å². The molecule has 0 atom stereocenters. The molecule has 3 aromatic rings. The lowest BCUT2D eigenvalue weighted by atomic mass is 10.1. The molecular formula is C25H31N5O2. The first-order valence-electron chi connectivity index (χ1n) is 11.0. The van der Waals surface area contributed by atoms with Gasteiger partial charge in [-0.25, -0.2) is 4.98 Å². The van der Waals surface area contributed by atoms with E-state index < -0.39 is 0 Å². The van der Waals surface area contributed by atoms with E-state index in [2.05, 4.69) is 51.4 Å². The van der Waals surface area contributed by atoms with E-state index >= 15 is 0 Å². The summed E-state index contributed by atoms with van der Waals surface area (Å²) in [4.78, 5) is 21.7. The summed E-state index contributed by atoms with van der Waals surface area (Å²) in [6, 6.07) is 15.7. The zero-order valence-corrected chi connectivity index (χ0v) is 18.8. The van der Waals surface area contributed by atoms with Gasteiger partial charge in [-0.15, -0.1) is 0 Å². The first kappa shape index (κ1) is 22.0. The number of likely N-dealkylation sites (N-methyl/N-ethyl adjacent to an activating group) is 1. The van der Waals surface area contributed by atoms with Crippen molar-refractivity contribution in [1.29, 1.82) is 0 Å². The molecule has 4 rings (SSSR count). The summed E-state index contributed by atoms with van der Waals surface area (Å²) in [6.07, 6.45) is 3.63. The van der Waals surface area contributed by atoms with Crippen molar-refractivity contribution in [2.24, 2.45) is 7.05 Å². The predicted molar refractivity (Wildman–Crippen MR) is 124 cm³/mol. The first-order valence-corrected chi connectivity index (χ1v) is 11.0. The lowest BCUT2D eigenvalue weighted by Crippen LogP contribution is -2.43. The van der Waals surface area contributed by atoms with Crippen LogP contribution < -0.4 is 10.1 Å². The Bertz CT molecular complexity index is 1020. The van der Waals surface area contributed by atoms with Crippen LogP contribution in [0, 0.1) is 0 Å². The second-order valence-corrected chi connectivity index (χ2v) is 8.35. The molecule has 32 heavy (non-hydrogen) atoms. The molecular weight excluding hydrogens is 402 g/mol. The topological polar surface area (TPSA) is 62.6 Å². The maximum atomic E-state index is 12.6. The highest BCUT2D eigenvalue weighted by molar-refractivity contribution is 5.94. The van der Waals surface area contributed by atoms with Gasteiger partial charge in [0, 0.05) is 64.3 Å². The number of piperazine rings is 1. The summed E-state index contributed by atoms with van der Waals surface area (Å²) in [7, 11) is 4.10. The van der Waals surface area contributed by atoms with Crippen molar-refractivity contribution in [2.75, 3.05) is 33.2 Å². The van der Waals surface area contributed by atoms with Gasteiger partial charge in [-0.05, 0) is 42.4 Å². The van der Waals surface area contributed by atoms with Gasteiger partial charge in [0.1, 0.15) is 18.2 Å². The monoisotopic (exact) mass is 433 g/mol. The lowest BCUT2D eigenvalue weighted by Gasteiger charge is -2.32. The van der Waals surface area contributed by atoms with Crippen LogP contribution in [0.1, 0.15) is 27.3 Å². The van der Waals surface area contributed by atoms with E-state index in [1.807, 2.05) is 29.9 Å². The third-order valence-corrected chi connectivity index (χ3v) is 5.85. The van der Waals surface area contributed by atoms with Crippen molar-refractivity contribution >= 4 is 5.91 Å². The number of carbonyl (C=O) groups is 1. The number of benzene rings is 2. The zero-order valence-electron chi connectivity index (χ0n) is 18.8. The van der Waals surface area contributed by atoms with Crippen LogP contribution in [0.15, 0.2) is 60.9 Å². The number of hydrogen-bond acceptors (Lipinski definition) is 5. The van der Waals surface area contributed by atoms with Gasteiger partial charge in [-0.3, -0.25) is 9.69 Å². The molecule has 0 radical (unpaired) electrons. The molecule has 1 aromatic heterocycles. The number of nitrogens with one attached hydrogen (secondary N) is 1. The van der Waals surface area contributed by atoms with E-state index in [-0.39, 0.29) is 5.91 Å². The molecule has 0 unspecified atom stereocenters. The zero-order chi connectivity index (χ0) is 22.3. The number of hydrogen-bond donors (Lipinski definition) is 1. The van der Waals surface area contributed by atoms with Crippen LogP contribution in [-0.2, 0) is 26.7 Å². The fourth-order valence-electron chi connectivity index (χ4n) is 3.77. The molecule has 1 N–H and O–H groups in total. The van der Waals surface area contributed by atoms with E-state index in [9.17, 15) is 4.79 Å². The van der Waals surface area contributed by atoms with Crippen molar-refractivity contribution in [2.45, 2.75) is 19.7 Å². The fourth-order valence-corrected chi connectivity index (χ4v) is 3.77. The van der Waals surface area contributed by atoms with Gasteiger partial charge in [0.05, 0.1) is 0 Å². The van der Waals surface area contributed by atoms with E-state index in [1.54, 1.807) is 18.3 Å². The molecule has 7 nitrogen and oxygen atoms in total. The van der Waals surface area contributed by atoms with Crippen molar-refractivity contribution in [3.8, 4) is 5.75 Å². The lowest BCUT2D eigenvalue weighted by molar-refractivity contribution is 0.0951. The smallest absolute Gasteiger partial charge is 0.251 e. The van der Waals surface area contributed by atoms with Crippen LogP contribution in [-0.4, -0.2) is 58.5 Å². The maximum absolute atomic E-state index is 12.6. The second kappa shape index (κ2) is 10.4. The second-order valence-electron chi connectivity index (χ2n) is 8.35. The van der Waals surface area contributed by atoms with Gasteiger partial charge in [-0.1, -0.05) is 24.3 Å². The molecule has 0 aliphatic carbocycles. The number of ether oxygens (including phenoxy) is 1. The number of carbonyl (C=O) groups excluding carboxylic acids is 1. The van der Waals surface area contributed by atoms with Gasteiger partial charge in [0.2, 0.25) is 0 Å². The van der Waals surface area contributed by atoms with Crippen molar-refractivity contribution in [3.63, 3.8) is 0 Å². The molecule has 0 saturated carbocycles. The number of rotatable bonds is 8. The minimum Gasteiger partial charge on any atom is -0.486 e. The molecule has 1 aliphatic rings. The number of aryl methyl sites for hydroxylation is 1. The summed E-state index contributed by atoms with van der Waals surface area (Å²) in [5.41, 5.74) is 3.01. The van der Waals surface area contributed by atoms with Gasteiger partial charge in [0.25, 0.3) is 5.91 Å². The maximum Gasteiger partial charge on any atom is 0.251 e. The Hall–Kier alpha value is -3.16. The van der Waals surface area contributed by atoms with Gasteiger partial charge in [-0.2, -0.15) is 0 Å². The Labute approximate surface area is 189 Å². The van der Waals surface area contributed by atoms with Crippen LogP contribution in [0.3, 0.4) is 0 Å². The van der Waals surface area contributed by atoms with E-state index in [0.717, 1.165) is 44.1 Å². The summed E-state index contributed by atoms with van der Waals surface area (Å²) in [5.74, 6) is 1.47. The number of amides is 1. The van der Waals surface area contributed by atoms with E-state index in [1.165, 1.54) is 5.56 Å². The van der Waals surface area contributed by atoms with Gasteiger partial charge >= 0.3 is 0 Å². The molecule has 1 aliphatic heterocycles. The SMILES string of the molecule is CN1CCN(Cc2cccc(CNC(=O)c3ccc(OCc4nccn4C)cc3)c2)CC1. The Balaban J connectivity index is 1.26.